The molecule has 1 N–H and O–H groups in total. The van der Waals surface area contributed by atoms with Crippen molar-refractivity contribution in [1.82, 2.24) is 24.8 Å². The second-order valence-corrected chi connectivity index (χ2v) is 9.84. The van der Waals surface area contributed by atoms with E-state index in [0.717, 1.165) is 54.9 Å². The molecule has 9 nitrogen and oxygen atoms in total. The minimum atomic E-state index is -0.499. The number of carbonyl (C=O) groups is 1. The number of nitrogens with one attached hydrogen (secondary N) is 1. The van der Waals surface area contributed by atoms with Gasteiger partial charge in [0.25, 0.3) is 0 Å². The van der Waals surface area contributed by atoms with Gasteiger partial charge >= 0.3 is 6.09 Å². The van der Waals surface area contributed by atoms with Gasteiger partial charge in [0.2, 0.25) is 5.95 Å². The summed E-state index contributed by atoms with van der Waals surface area (Å²) in [5.74, 6) is 1.68. The lowest BCUT2D eigenvalue weighted by molar-refractivity contribution is 0.0516. The molecule has 0 bridgehead atoms. The Balaban J connectivity index is 1.53. The van der Waals surface area contributed by atoms with Crippen LogP contribution in [0.15, 0.2) is 24.5 Å². The van der Waals surface area contributed by atoms with Gasteiger partial charge in [0.15, 0.2) is 5.65 Å². The lowest BCUT2D eigenvalue weighted by Gasteiger charge is -2.32. The molecule has 0 atom stereocenters. The summed E-state index contributed by atoms with van der Waals surface area (Å²) in [6.07, 6.45) is 3.28. The van der Waals surface area contributed by atoms with Crippen LogP contribution in [0.2, 0.25) is 0 Å². The first-order valence-electron chi connectivity index (χ1n) is 12.1. The summed E-state index contributed by atoms with van der Waals surface area (Å²) in [6, 6.07) is 5.66. The summed E-state index contributed by atoms with van der Waals surface area (Å²) in [7, 11) is 7.78. The highest BCUT2D eigenvalue weighted by Crippen LogP contribution is 2.29. The molecular weight excluding hydrogens is 443 g/mol. The summed E-state index contributed by atoms with van der Waals surface area (Å²) in [4.78, 5) is 28.6. The average molecular weight is 476 g/mol. The Morgan fingerprint density at radius 1 is 1.23 bits per heavy atom. The Morgan fingerprint density at radius 3 is 2.60 bits per heavy atom. The Morgan fingerprint density at radius 2 is 1.97 bits per heavy atom. The Kier molecular flexibility index (Phi) is 7.19. The van der Waals surface area contributed by atoms with Gasteiger partial charge in [-0.2, -0.15) is 4.98 Å². The van der Waals surface area contributed by atoms with Gasteiger partial charge in [0.05, 0.1) is 13.4 Å². The first-order valence-corrected chi connectivity index (χ1v) is 12.1. The SMILES string of the molecule is [B]c1cc(-c2nc(N3CCC(CNC(=O)OC(C)(C)C)CC3)nc3c2ncn3CC)ccc1OC. The van der Waals surface area contributed by atoms with Crippen LogP contribution in [0.3, 0.4) is 0 Å². The van der Waals surface area contributed by atoms with Crippen LogP contribution in [0.25, 0.3) is 22.4 Å². The standard InChI is InChI=1S/C25H33BN6O3/c1-6-31-15-28-21-20(17-7-8-19(34-5)18(26)13-17)29-23(30-22(21)31)32-11-9-16(10-12-32)14-27-24(33)35-25(2,3)4/h7-8,13,15-16H,6,9-12,14H2,1-5H3,(H,27,33). The molecular formula is C25H33BN6O3. The van der Waals surface area contributed by atoms with Crippen molar-refractivity contribution in [2.24, 2.45) is 5.92 Å². The van der Waals surface area contributed by atoms with E-state index in [0.29, 0.717) is 29.6 Å². The molecule has 0 unspecified atom stereocenters. The van der Waals surface area contributed by atoms with E-state index in [-0.39, 0.29) is 6.09 Å². The molecule has 1 amide bonds. The van der Waals surface area contributed by atoms with E-state index in [2.05, 4.69) is 22.1 Å². The molecule has 3 heterocycles. The number of nitrogens with zero attached hydrogens (tertiary/aromatic N) is 5. The number of aromatic nitrogens is 4. The van der Waals surface area contributed by atoms with Gasteiger partial charge in [-0.25, -0.2) is 14.8 Å². The van der Waals surface area contributed by atoms with Crippen molar-refractivity contribution in [2.45, 2.75) is 52.7 Å². The number of imidazole rings is 1. The highest BCUT2D eigenvalue weighted by atomic mass is 16.6. The largest absolute Gasteiger partial charge is 0.497 e. The number of amides is 1. The third-order valence-electron chi connectivity index (χ3n) is 6.13. The second kappa shape index (κ2) is 10.1. The highest BCUT2D eigenvalue weighted by Gasteiger charge is 2.25. The molecule has 35 heavy (non-hydrogen) atoms. The van der Waals surface area contributed by atoms with Crippen LogP contribution in [0.4, 0.5) is 10.7 Å². The first-order chi connectivity index (χ1) is 16.7. The third kappa shape index (κ3) is 5.69. The molecule has 1 saturated heterocycles. The van der Waals surface area contributed by atoms with Gasteiger partial charge in [-0.1, -0.05) is 11.5 Å². The molecule has 2 aromatic heterocycles. The van der Waals surface area contributed by atoms with Gasteiger partial charge < -0.3 is 24.3 Å². The van der Waals surface area contributed by atoms with Crippen LogP contribution in [0.1, 0.15) is 40.5 Å². The van der Waals surface area contributed by atoms with Crippen LogP contribution in [-0.4, -0.2) is 65.8 Å². The number of anilines is 1. The second-order valence-electron chi connectivity index (χ2n) is 9.84. The Labute approximate surface area is 207 Å². The number of rotatable bonds is 6. The van der Waals surface area contributed by atoms with Crippen LogP contribution in [0.5, 0.6) is 5.75 Å². The predicted molar refractivity (Wildman–Crippen MR) is 138 cm³/mol. The van der Waals surface area contributed by atoms with E-state index in [4.69, 9.17) is 27.3 Å². The zero-order valence-electron chi connectivity index (χ0n) is 21.2. The lowest BCUT2D eigenvalue weighted by atomic mass is 9.92. The van der Waals surface area contributed by atoms with Crippen molar-refractivity contribution < 1.29 is 14.3 Å². The number of ether oxygens (including phenoxy) is 2. The minimum absolute atomic E-state index is 0.370. The van der Waals surface area contributed by atoms with Crippen molar-refractivity contribution >= 4 is 36.5 Å². The maximum atomic E-state index is 12.0. The summed E-state index contributed by atoms with van der Waals surface area (Å²) >= 11 is 0. The van der Waals surface area contributed by atoms with Crippen molar-refractivity contribution in [1.29, 1.82) is 0 Å². The van der Waals surface area contributed by atoms with Crippen molar-refractivity contribution in [3.63, 3.8) is 0 Å². The van der Waals surface area contributed by atoms with Crippen LogP contribution in [0, 0.1) is 5.92 Å². The normalized spacial score (nSPS) is 14.8. The van der Waals surface area contributed by atoms with Crippen LogP contribution < -0.4 is 20.4 Å². The number of aryl methyl sites for hydroxylation is 1. The number of benzene rings is 1. The van der Waals surface area contributed by atoms with E-state index in [9.17, 15) is 4.79 Å². The quantitative estimate of drug-likeness (QED) is 0.547. The first kappa shape index (κ1) is 24.8. The van der Waals surface area contributed by atoms with E-state index in [1.807, 2.05) is 43.5 Å². The minimum Gasteiger partial charge on any atom is -0.497 e. The molecule has 4 rings (SSSR count). The summed E-state index contributed by atoms with van der Waals surface area (Å²) < 4.78 is 12.7. The maximum Gasteiger partial charge on any atom is 0.407 e. The molecule has 1 aromatic carbocycles. The van der Waals surface area contributed by atoms with E-state index >= 15 is 0 Å². The monoisotopic (exact) mass is 476 g/mol. The van der Waals surface area contributed by atoms with Crippen molar-refractivity contribution in [3.05, 3.63) is 24.5 Å². The van der Waals surface area contributed by atoms with E-state index in [1.165, 1.54) is 0 Å². The number of hydrogen-bond acceptors (Lipinski definition) is 7. The molecule has 1 aliphatic rings. The Bertz CT molecular complexity index is 1200. The summed E-state index contributed by atoms with van der Waals surface area (Å²) in [5.41, 5.74) is 3.22. The van der Waals surface area contributed by atoms with Crippen molar-refractivity contribution in [3.8, 4) is 17.0 Å². The smallest absolute Gasteiger partial charge is 0.407 e. The average Bonchev–Trinajstić information content (AvgIpc) is 3.24. The maximum absolute atomic E-state index is 12.0. The van der Waals surface area contributed by atoms with E-state index in [1.54, 1.807) is 13.4 Å². The fraction of sp³-hybridized carbons (Fsp3) is 0.520. The van der Waals surface area contributed by atoms with Gasteiger partial charge in [0.1, 0.15) is 30.4 Å². The fourth-order valence-electron chi connectivity index (χ4n) is 4.27. The number of carbonyl (C=O) groups excluding carboxylic acids is 1. The van der Waals surface area contributed by atoms with Crippen LogP contribution in [-0.2, 0) is 11.3 Å². The molecule has 1 aliphatic heterocycles. The topological polar surface area (TPSA) is 94.4 Å². The summed E-state index contributed by atoms with van der Waals surface area (Å²) in [5, 5.41) is 2.90. The van der Waals surface area contributed by atoms with Gasteiger partial charge in [-0.15, -0.1) is 0 Å². The lowest BCUT2D eigenvalue weighted by Crippen LogP contribution is -2.40. The van der Waals surface area contributed by atoms with Gasteiger partial charge in [-0.05, 0) is 58.6 Å². The van der Waals surface area contributed by atoms with E-state index < -0.39 is 5.60 Å². The summed E-state index contributed by atoms with van der Waals surface area (Å²) in [6.45, 7) is 10.6. The number of hydrogen-bond donors (Lipinski definition) is 1. The highest BCUT2D eigenvalue weighted by molar-refractivity contribution is 6.34. The number of alkyl carbamates (subject to hydrolysis) is 1. The number of piperidine rings is 1. The molecule has 2 radical (unpaired) electrons. The molecule has 1 fully saturated rings. The number of fused-ring (bicyclic) bond motifs is 1. The van der Waals surface area contributed by atoms with Gasteiger partial charge in [0, 0.05) is 31.7 Å². The van der Waals surface area contributed by atoms with Crippen molar-refractivity contribution in [2.75, 3.05) is 31.6 Å². The number of methoxy groups -OCH3 is 1. The molecule has 10 heteroatoms. The van der Waals surface area contributed by atoms with Gasteiger partial charge in [-0.3, -0.25) is 0 Å². The molecule has 0 spiro atoms. The predicted octanol–water partition coefficient (Wildman–Crippen LogP) is 3.06. The molecule has 3 aromatic rings. The zero-order valence-corrected chi connectivity index (χ0v) is 21.2. The molecule has 0 saturated carbocycles. The van der Waals surface area contributed by atoms with Crippen LogP contribution >= 0.6 is 0 Å². The zero-order chi connectivity index (χ0) is 25.2. The Hall–Kier alpha value is -3.30. The molecule has 0 aliphatic carbocycles. The third-order valence-corrected chi connectivity index (χ3v) is 6.13. The fourth-order valence-corrected chi connectivity index (χ4v) is 4.27. The molecule has 184 valence electrons.